The van der Waals surface area contributed by atoms with Crippen molar-refractivity contribution in [1.29, 1.82) is 0 Å². The van der Waals surface area contributed by atoms with Gasteiger partial charge in [-0.05, 0) is 11.5 Å². The highest BCUT2D eigenvalue weighted by Crippen LogP contribution is 2.27. The van der Waals surface area contributed by atoms with Crippen LogP contribution in [0.3, 0.4) is 0 Å². The molecule has 0 bridgehead atoms. The van der Waals surface area contributed by atoms with E-state index < -0.39 is 0 Å². The molecule has 19 heavy (non-hydrogen) atoms. The molecular formula is C16H23N3. The van der Waals surface area contributed by atoms with E-state index in [1.54, 1.807) is 6.33 Å². The van der Waals surface area contributed by atoms with Crippen molar-refractivity contribution in [2.45, 2.75) is 39.3 Å². The summed E-state index contributed by atoms with van der Waals surface area (Å²) in [5.41, 5.74) is 2.50. The van der Waals surface area contributed by atoms with Crippen molar-refractivity contribution in [2.24, 2.45) is 5.92 Å². The van der Waals surface area contributed by atoms with E-state index >= 15 is 0 Å². The number of hydrogen-bond donors (Lipinski definition) is 2. The lowest BCUT2D eigenvalue weighted by atomic mass is 9.89. The van der Waals surface area contributed by atoms with E-state index in [1.165, 1.54) is 18.4 Å². The van der Waals surface area contributed by atoms with E-state index in [2.05, 4.69) is 59.5 Å². The second-order valence-electron chi connectivity index (χ2n) is 4.92. The third-order valence-electron chi connectivity index (χ3n) is 3.75. The Bertz CT molecular complexity index is 446. The lowest BCUT2D eigenvalue weighted by Crippen LogP contribution is -2.27. The van der Waals surface area contributed by atoms with Gasteiger partial charge in [-0.2, -0.15) is 0 Å². The van der Waals surface area contributed by atoms with E-state index in [1.807, 2.05) is 6.20 Å². The van der Waals surface area contributed by atoms with Crippen LogP contribution in [0.1, 0.15) is 44.0 Å². The maximum absolute atomic E-state index is 4.06. The third kappa shape index (κ3) is 3.67. The molecule has 2 N–H and O–H groups in total. The Morgan fingerprint density at radius 3 is 2.47 bits per heavy atom. The molecule has 0 spiro atoms. The highest BCUT2D eigenvalue weighted by atomic mass is 15.0. The summed E-state index contributed by atoms with van der Waals surface area (Å²) in [6.45, 7) is 5.36. The summed E-state index contributed by atoms with van der Waals surface area (Å²) in [4.78, 5) is 7.21. The third-order valence-corrected chi connectivity index (χ3v) is 3.75. The van der Waals surface area contributed by atoms with Gasteiger partial charge in [-0.3, -0.25) is 0 Å². The molecule has 1 unspecified atom stereocenters. The highest BCUT2D eigenvalue weighted by molar-refractivity contribution is 5.20. The first-order chi connectivity index (χ1) is 9.35. The topological polar surface area (TPSA) is 40.7 Å². The molecule has 3 nitrogen and oxygen atoms in total. The van der Waals surface area contributed by atoms with Gasteiger partial charge in [-0.25, -0.2) is 4.98 Å². The number of rotatable bonds is 7. The molecule has 0 aliphatic carbocycles. The maximum atomic E-state index is 4.06. The molecule has 102 valence electrons. The van der Waals surface area contributed by atoms with Crippen LogP contribution < -0.4 is 5.32 Å². The van der Waals surface area contributed by atoms with Crippen LogP contribution in [-0.4, -0.2) is 9.97 Å². The van der Waals surface area contributed by atoms with Crippen molar-refractivity contribution in [2.75, 3.05) is 0 Å². The van der Waals surface area contributed by atoms with Gasteiger partial charge in [0.1, 0.15) is 0 Å². The van der Waals surface area contributed by atoms with Gasteiger partial charge in [0, 0.05) is 24.5 Å². The lowest BCUT2D eigenvalue weighted by molar-refractivity contribution is 0.338. The predicted molar refractivity (Wildman–Crippen MR) is 78.7 cm³/mol. The average molecular weight is 257 g/mol. The first kappa shape index (κ1) is 13.8. The zero-order valence-corrected chi connectivity index (χ0v) is 11.8. The summed E-state index contributed by atoms with van der Waals surface area (Å²) in [7, 11) is 0. The van der Waals surface area contributed by atoms with Crippen LogP contribution in [0, 0.1) is 5.92 Å². The van der Waals surface area contributed by atoms with Crippen LogP contribution in [-0.2, 0) is 6.54 Å². The Labute approximate surface area is 115 Å². The van der Waals surface area contributed by atoms with Crippen LogP contribution in [0.25, 0.3) is 0 Å². The number of H-pyrrole nitrogens is 1. The maximum Gasteiger partial charge on any atom is 0.0922 e. The van der Waals surface area contributed by atoms with Gasteiger partial charge in [-0.15, -0.1) is 0 Å². The number of benzene rings is 1. The summed E-state index contributed by atoms with van der Waals surface area (Å²) in [5.74, 6) is 0.658. The highest BCUT2D eigenvalue weighted by Gasteiger charge is 2.19. The zero-order chi connectivity index (χ0) is 13.5. The fourth-order valence-electron chi connectivity index (χ4n) is 2.58. The molecule has 0 saturated heterocycles. The summed E-state index contributed by atoms with van der Waals surface area (Å²) >= 11 is 0. The molecule has 2 aromatic rings. The first-order valence-corrected chi connectivity index (χ1v) is 7.10. The molecule has 0 saturated carbocycles. The molecule has 3 heteroatoms. The standard InChI is InChI=1S/C16H23N3/c1-3-13(4-2)16(14-8-6-5-7-9-14)18-11-15-10-17-12-19-15/h5-10,12-13,16,18H,3-4,11H2,1-2H3,(H,17,19). The van der Waals surface area contributed by atoms with Gasteiger partial charge >= 0.3 is 0 Å². The average Bonchev–Trinajstić information content (AvgIpc) is 2.97. The van der Waals surface area contributed by atoms with Crippen LogP contribution in [0.4, 0.5) is 0 Å². The van der Waals surface area contributed by atoms with Crippen LogP contribution >= 0.6 is 0 Å². The van der Waals surface area contributed by atoms with Crippen molar-refractivity contribution < 1.29 is 0 Å². The molecule has 0 aliphatic rings. The van der Waals surface area contributed by atoms with Crippen molar-refractivity contribution in [1.82, 2.24) is 15.3 Å². The monoisotopic (exact) mass is 257 g/mol. The largest absolute Gasteiger partial charge is 0.347 e. The van der Waals surface area contributed by atoms with Crippen molar-refractivity contribution in [3.05, 3.63) is 54.1 Å². The summed E-state index contributed by atoms with van der Waals surface area (Å²) < 4.78 is 0. The van der Waals surface area contributed by atoms with Crippen LogP contribution in [0.5, 0.6) is 0 Å². The molecule has 1 aromatic carbocycles. The number of nitrogens with zero attached hydrogens (tertiary/aromatic N) is 1. The van der Waals surface area contributed by atoms with E-state index in [0.29, 0.717) is 12.0 Å². The Morgan fingerprint density at radius 1 is 1.16 bits per heavy atom. The fourth-order valence-corrected chi connectivity index (χ4v) is 2.58. The molecule has 0 amide bonds. The zero-order valence-electron chi connectivity index (χ0n) is 11.8. The molecular weight excluding hydrogens is 234 g/mol. The number of aromatic amines is 1. The van der Waals surface area contributed by atoms with Crippen LogP contribution in [0.15, 0.2) is 42.9 Å². The molecule has 1 aromatic heterocycles. The molecule has 0 aliphatic heterocycles. The first-order valence-electron chi connectivity index (χ1n) is 7.10. The lowest BCUT2D eigenvalue weighted by Gasteiger charge is -2.27. The molecule has 1 heterocycles. The smallest absolute Gasteiger partial charge is 0.0922 e. The quantitative estimate of drug-likeness (QED) is 0.794. The number of imidazole rings is 1. The predicted octanol–water partition coefficient (Wildman–Crippen LogP) is 3.68. The minimum absolute atomic E-state index is 0.402. The number of nitrogens with one attached hydrogen (secondary N) is 2. The number of aromatic nitrogens is 2. The van der Waals surface area contributed by atoms with Gasteiger partial charge in [-0.1, -0.05) is 57.0 Å². The fraction of sp³-hybridized carbons (Fsp3) is 0.438. The molecule has 0 fully saturated rings. The van der Waals surface area contributed by atoms with Gasteiger partial charge in [0.05, 0.1) is 6.33 Å². The van der Waals surface area contributed by atoms with E-state index in [-0.39, 0.29) is 0 Å². The summed E-state index contributed by atoms with van der Waals surface area (Å²) in [5, 5.41) is 3.67. The summed E-state index contributed by atoms with van der Waals surface area (Å²) in [6, 6.07) is 11.1. The second kappa shape index (κ2) is 7.10. The Kier molecular flexibility index (Phi) is 5.16. The molecule has 1 atom stereocenters. The van der Waals surface area contributed by atoms with Gasteiger partial charge in [0.15, 0.2) is 0 Å². The normalized spacial score (nSPS) is 12.8. The Balaban J connectivity index is 2.10. The van der Waals surface area contributed by atoms with Crippen molar-refractivity contribution in [3.63, 3.8) is 0 Å². The SMILES string of the molecule is CCC(CC)C(NCc1cnc[nH]1)c1ccccc1. The molecule has 0 radical (unpaired) electrons. The minimum atomic E-state index is 0.402. The Hall–Kier alpha value is -1.61. The van der Waals surface area contributed by atoms with E-state index in [4.69, 9.17) is 0 Å². The minimum Gasteiger partial charge on any atom is -0.347 e. The Morgan fingerprint density at radius 2 is 1.89 bits per heavy atom. The van der Waals surface area contributed by atoms with Gasteiger partial charge < -0.3 is 10.3 Å². The molecule has 2 rings (SSSR count). The second-order valence-corrected chi connectivity index (χ2v) is 4.92. The summed E-state index contributed by atoms with van der Waals surface area (Å²) in [6.07, 6.45) is 5.98. The van der Waals surface area contributed by atoms with Crippen LogP contribution in [0.2, 0.25) is 0 Å². The van der Waals surface area contributed by atoms with E-state index in [9.17, 15) is 0 Å². The van der Waals surface area contributed by atoms with Crippen molar-refractivity contribution >= 4 is 0 Å². The van der Waals surface area contributed by atoms with E-state index in [0.717, 1.165) is 12.2 Å². The van der Waals surface area contributed by atoms with Gasteiger partial charge in [0.2, 0.25) is 0 Å². The van der Waals surface area contributed by atoms with Gasteiger partial charge in [0.25, 0.3) is 0 Å². The van der Waals surface area contributed by atoms with Crippen molar-refractivity contribution in [3.8, 4) is 0 Å². The number of hydrogen-bond acceptors (Lipinski definition) is 2.